The molecule has 6 nitrogen and oxygen atoms in total. The molecule has 1 aliphatic heterocycles. The van der Waals surface area contributed by atoms with Crippen LogP contribution in [0.4, 0.5) is 0 Å². The maximum Gasteiger partial charge on any atom is 0.351 e. The van der Waals surface area contributed by atoms with Crippen LogP contribution in [0, 0.1) is 0 Å². The van der Waals surface area contributed by atoms with Gasteiger partial charge in [0, 0.05) is 6.20 Å². The first-order chi connectivity index (χ1) is 13.8. The van der Waals surface area contributed by atoms with Crippen LogP contribution in [-0.4, -0.2) is 23.7 Å². The molecule has 0 bridgehead atoms. The zero-order valence-electron chi connectivity index (χ0n) is 15.1. The van der Waals surface area contributed by atoms with Crippen LogP contribution in [0.2, 0.25) is 0 Å². The van der Waals surface area contributed by atoms with E-state index in [2.05, 4.69) is 4.98 Å². The van der Waals surface area contributed by atoms with E-state index in [9.17, 15) is 4.79 Å². The van der Waals surface area contributed by atoms with E-state index in [-0.39, 0.29) is 13.2 Å². The lowest BCUT2D eigenvalue weighted by molar-refractivity contribution is -0.155. The Labute approximate surface area is 162 Å². The zero-order valence-corrected chi connectivity index (χ0v) is 15.1. The van der Waals surface area contributed by atoms with Crippen LogP contribution < -0.4 is 14.2 Å². The first-order valence-corrected chi connectivity index (χ1v) is 8.95. The van der Waals surface area contributed by atoms with Crippen molar-refractivity contribution in [2.24, 2.45) is 0 Å². The summed E-state index contributed by atoms with van der Waals surface area (Å²) in [5.41, 5.74) is 1.72. The second-order valence-corrected chi connectivity index (χ2v) is 6.23. The number of fused-ring (bicyclic) bond motifs is 1. The SMILES string of the molecule is O=C(OCc1ccc(OCc2ccccn2)cc1)C1COc2ccccc2O1. The lowest BCUT2D eigenvalue weighted by Crippen LogP contribution is -2.37. The van der Waals surface area contributed by atoms with Crippen molar-refractivity contribution >= 4 is 5.97 Å². The number of carbonyl (C=O) groups is 1. The minimum absolute atomic E-state index is 0.135. The summed E-state index contributed by atoms with van der Waals surface area (Å²) in [5.74, 6) is 1.45. The van der Waals surface area contributed by atoms with E-state index in [1.54, 1.807) is 18.3 Å². The van der Waals surface area contributed by atoms with Gasteiger partial charge in [-0.3, -0.25) is 4.98 Å². The molecule has 0 N–H and O–H groups in total. The number of rotatable bonds is 6. The third-order valence-corrected chi connectivity index (χ3v) is 4.19. The van der Waals surface area contributed by atoms with Crippen LogP contribution >= 0.6 is 0 Å². The number of benzene rings is 2. The maximum absolute atomic E-state index is 12.2. The summed E-state index contributed by atoms with van der Waals surface area (Å²) >= 11 is 0. The molecule has 0 saturated heterocycles. The van der Waals surface area contributed by atoms with Gasteiger partial charge in [-0.2, -0.15) is 0 Å². The van der Waals surface area contributed by atoms with Gasteiger partial charge in [0.1, 0.15) is 25.6 Å². The molecule has 2 heterocycles. The molecular weight excluding hydrogens is 358 g/mol. The maximum atomic E-state index is 12.2. The number of hydrogen-bond donors (Lipinski definition) is 0. The number of pyridine rings is 1. The van der Waals surface area contributed by atoms with Gasteiger partial charge in [-0.1, -0.05) is 30.3 Å². The van der Waals surface area contributed by atoms with Gasteiger partial charge in [0.15, 0.2) is 11.5 Å². The van der Waals surface area contributed by atoms with Crippen molar-refractivity contribution in [3.63, 3.8) is 0 Å². The molecule has 1 unspecified atom stereocenters. The van der Waals surface area contributed by atoms with Crippen LogP contribution in [0.3, 0.4) is 0 Å². The molecule has 2 aromatic carbocycles. The minimum atomic E-state index is -0.768. The Morgan fingerprint density at radius 1 is 0.964 bits per heavy atom. The molecular formula is C22H19NO5. The zero-order chi connectivity index (χ0) is 19.2. The second kappa shape index (κ2) is 8.43. The third-order valence-electron chi connectivity index (χ3n) is 4.19. The highest BCUT2D eigenvalue weighted by atomic mass is 16.6. The lowest BCUT2D eigenvalue weighted by atomic mass is 10.2. The van der Waals surface area contributed by atoms with Gasteiger partial charge in [-0.15, -0.1) is 0 Å². The number of nitrogens with zero attached hydrogens (tertiary/aromatic N) is 1. The highest BCUT2D eigenvalue weighted by Crippen LogP contribution is 2.31. The molecule has 4 rings (SSSR count). The fourth-order valence-corrected chi connectivity index (χ4v) is 2.71. The number of esters is 1. The number of para-hydroxylation sites is 2. The van der Waals surface area contributed by atoms with Gasteiger partial charge in [0.2, 0.25) is 6.10 Å². The van der Waals surface area contributed by atoms with Gasteiger partial charge in [0.25, 0.3) is 0 Å². The van der Waals surface area contributed by atoms with Gasteiger partial charge in [-0.25, -0.2) is 4.79 Å². The monoisotopic (exact) mass is 377 g/mol. The van der Waals surface area contributed by atoms with Crippen molar-refractivity contribution in [3.05, 3.63) is 84.2 Å². The molecule has 1 atom stereocenters. The second-order valence-electron chi connectivity index (χ2n) is 6.23. The number of hydrogen-bond acceptors (Lipinski definition) is 6. The predicted molar refractivity (Wildman–Crippen MR) is 101 cm³/mol. The molecule has 1 aromatic heterocycles. The van der Waals surface area contributed by atoms with Crippen LogP contribution in [0.5, 0.6) is 17.2 Å². The topological polar surface area (TPSA) is 66.9 Å². The molecule has 0 amide bonds. The van der Waals surface area contributed by atoms with E-state index in [1.165, 1.54) is 0 Å². The Bertz CT molecular complexity index is 927. The molecule has 28 heavy (non-hydrogen) atoms. The summed E-state index contributed by atoms with van der Waals surface area (Å²) in [6.07, 6.45) is 0.964. The normalized spacial score (nSPS) is 14.9. The Kier molecular flexibility index (Phi) is 5.38. The standard InChI is InChI=1S/C22H19NO5/c24-22(21-15-26-19-6-1-2-7-20(19)28-21)27-13-16-8-10-18(11-9-16)25-14-17-5-3-4-12-23-17/h1-12,21H,13-15H2. The van der Waals surface area contributed by atoms with Crippen LogP contribution in [0.25, 0.3) is 0 Å². The van der Waals surface area contributed by atoms with Gasteiger partial charge >= 0.3 is 5.97 Å². The molecule has 6 heteroatoms. The number of carbonyl (C=O) groups excluding carboxylic acids is 1. The van der Waals surface area contributed by atoms with E-state index < -0.39 is 12.1 Å². The predicted octanol–water partition coefficient (Wildman–Crippen LogP) is 3.54. The Morgan fingerprint density at radius 2 is 1.75 bits per heavy atom. The minimum Gasteiger partial charge on any atom is -0.487 e. The lowest BCUT2D eigenvalue weighted by Gasteiger charge is -2.24. The highest BCUT2D eigenvalue weighted by Gasteiger charge is 2.28. The quantitative estimate of drug-likeness (QED) is 0.612. The first kappa shape index (κ1) is 17.9. The number of aromatic nitrogens is 1. The van der Waals surface area contributed by atoms with Crippen LogP contribution in [0.15, 0.2) is 72.9 Å². The van der Waals surface area contributed by atoms with E-state index in [0.29, 0.717) is 18.1 Å². The van der Waals surface area contributed by atoms with Gasteiger partial charge < -0.3 is 18.9 Å². The molecule has 0 saturated carbocycles. The molecule has 0 spiro atoms. The summed E-state index contributed by atoms with van der Waals surface area (Å²) in [6, 6.07) is 20.3. The van der Waals surface area contributed by atoms with Crippen molar-refractivity contribution in [3.8, 4) is 17.2 Å². The van der Waals surface area contributed by atoms with Gasteiger partial charge in [0.05, 0.1) is 5.69 Å². The summed E-state index contributed by atoms with van der Waals surface area (Å²) in [7, 11) is 0. The van der Waals surface area contributed by atoms with Crippen LogP contribution in [-0.2, 0) is 22.7 Å². The van der Waals surface area contributed by atoms with Gasteiger partial charge in [-0.05, 0) is 42.0 Å². The average molecular weight is 377 g/mol. The average Bonchev–Trinajstić information content (AvgIpc) is 2.77. The van der Waals surface area contributed by atoms with Crippen molar-refractivity contribution in [2.45, 2.75) is 19.3 Å². The van der Waals surface area contributed by atoms with Crippen LogP contribution in [0.1, 0.15) is 11.3 Å². The fourth-order valence-electron chi connectivity index (χ4n) is 2.71. The first-order valence-electron chi connectivity index (χ1n) is 8.95. The molecule has 1 aliphatic rings. The molecule has 0 aliphatic carbocycles. The third kappa shape index (κ3) is 4.40. The molecule has 0 radical (unpaired) electrons. The summed E-state index contributed by atoms with van der Waals surface area (Å²) in [6.45, 7) is 0.687. The Hall–Kier alpha value is -3.54. The fraction of sp³-hybridized carbons (Fsp3) is 0.182. The molecule has 3 aromatic rings. The summed E-state index contributed by atoms with van der Waals surface area (Å²) < 4.78 is 22.2. The van der Waals surface area contributed by atoms with Crippen molar-refractivity contribution < 1.29 is 23.7 Å². The van der Waals surface area contributed by atoms with Crippen molar-refractivity contribution in [2.75, 3.05) is 6.61 Å². The van der Waals surface area contributed by atoms with E-state index in [1.807, 2.05) is 54.6 Å². The Balaban J connectivity index is 1.26. The van der Waals surface area contributed by atoms with E-state index in [0.717, 1.165) is 17.0 Å². The van der Waals surface area contributed by atoms with E-state index >= 15 is 0 Å². The largest absolute Gasteiger partial charge is 0.487 e. The van der Waals surface area contributed by atoms with Crippen molar-refractivity contribution in [1.82, 2.24) is 4.98 Å². The highest BCUT2D eigenvalue weighted by molar-refractivity contribution is 5.76. The summed E-state index contributed by atoms with van der Waals surface area (Å²) in [5, 5.41) is 0. The summed E-state index contributed by atoms with van der Waals surface area (Å²) in [4.78, 5) is 16.5. The Morgan fingerprint density at radius 3 is 2.54 bits per heavy atom. The molecule has 142 valence electrons. The van der Waals surface area contributed by atoms with E-state index in [4.69, 9.17) is 18.9 Å². The smallest absolute Gasteiger partial charge is 0.351 e. The molecule has 0 fully saturated rings. The number of ether oxygens (including phenoxy) is 4. The van der Waals surface area contributed by atoms with Crippen molar-refractivity contribution in [1.29, 1.82) is 0 Å².